The zero-order chi connectivity index (χ0) is 47.1. The number of hydrogen-bond donors (Lipinski definition) is 3. The quantitative estimate of drug-likeness (QED) is 0.0243. The number of amides is 1. The first kappa shape index (κ1) is 61.9. The van der Waals surface area contributed by atoms with E-state index in [4.69, 9.17) is 9.05 Å². The fraction of sp³-hybridized carbons (Fsp3) is 0.764. The van der Waals surface area contributed by atoms with Crippen LogP contribution >= 0.6 is 7.82 Å². The molecule has 0 saturated carbocycles. The normalized spacial score (nSPS) is 14.7. The van der Waals surface area contributed by atoms with Crippen LogP contribution < -0.4 is 5.32 Å². The molecule has 0 rings (SSSR count). The molecular formula is C55H102N2O6P+. The molecule has 0 aromatic heterocycles. The number of nitrogens with zero attached hydrogens (tertiary/aromatic N) is 1. The van der Waals surface area contributed by atoms with Gasteiger partial charge in [0.25, 0.3) is 0 Å². The maximum atomic E-state index is 12.9. The number of likely N-dealkylation sites (N-methyl/N-ethyl adjacent to an activating group) is 1. The molecule has 0 aromatic carbocycles. The molecule has 0 saturated heterocycles. The van der Waals surface area contributed by atoms with Gasteiger partial charge in [0.05, 0.1) is 39.9 Å². The van der Waals surface area contributed by atoms with Gasteiger partial charge in [-0.25, -0.2) is 4.57 Å². The van der Waals surface area contributed by atoms with E-state index < -0.39 is 20.0 Å². The summed E-state index contributed by atoms with van der Waals surface area (Å²) in [4.78, 5) is 23.2. The highest BCUT2D eigenvalue weighted by Gasteiger charge is 2.28. The number of allylic oxidation sites excluding steroid dienone is 12. The number of quaternary nitrogens is 1. The predicted octanol–water partition coefficient (Wildman–Crippen LogP) is 15.5. The molecule has 3 N–H and O–H groups in total. The summed E-state index contributed by atoms with van der Waals surface area (Å²) in [5.41, 5.74) is 0. The lowest BCUT2D eigenvalue weighted by Crippen LogP contribution is -2.46. The van der Waals surface area contributed by atoms with Gasteiger partial charge in [0.15, 0.2) is 0 Å². The molecule has 64 heavy (non-hydrogen) atoms. The van der Waals surface area contributed by atoms with Gasteiger partial charge in [0, 0.05) is 6.42 Å². The van der Waals surface area contributed by atoms with E-state index in [0.29, 0.717) is 23.9 Å². The van der Waals surface area contributed by atoms with E-state index in [1.54, 1.807) is 0 Å². The van der Waals surface area contributed by atoms with Crippen LogP contribution in [0.4, 0.5) is 0 Å². The second-order valence-electron chi connectivity index (χ2n) is 18.9. The van der Waals surface area contributed by atoms with Crippen LogP contribution in [0.5, 0.6) is 0 Å². The monoisotopic (exact) mass is 918 g/mol. The second-order valence-corrected chi connectivity index (χ2v) is 20.3. The van der Waals surface area contributed by atoms with Gasteiger partial charge in [0.1, 0.15) is 13.2 Å². The molecule has 0 aromatic rings. The van der Waals surface area contributed by atoms with Gasteiger partial charge in [-0.1, -0.05) is 234 Å². The molecule has 0 fully saturated rings. The molecule has 8 nitrogen and oxygen atoms in total. The lowest BCUT2D eigenvalue weighted by molar-refractivity contribution is -0.870. The third kappa shape index (κ3) is 47.9. The Bertz CT molecular complexity index is 1270. The highest BCUT2D eigenvalue weighted by atomic mass is 31.2. The van der Waals surface area contributed by atoms with Crippen LogP contribution in [-0.4, -0.2) is 73.4 Å². The summed E-state index contributed by atoms with van der Waals surface area (Å²) in [5, 5.41) is 14.0. The van der Waals surface area contributed by atoms with Crippen molar-refractivity contribution in [2.45, 2.75) is 231 Å². The Morgan fingerprint density at radius 1 is 0.547 bits per heavy atom. The Balaban J connectivity index is 4.34. The minimum Gasteiger partial charge on any atom is -0.391 e. The standard InChI is InChI=1S/C55H101N2O6P/c1-6-8-10-12-14-16-18-20-22-24-26-27-28-29-31-32-34-36-38-40-42-44-46-48-54(58)53(52-63-64(60,61)62-51-50-57(3,4)5)56-55(59)49-47-45-43-41-39-37-35-33-30-25-23-21-19-17-15-13-11-9-7-2/h9,11,15,17,21,23,30,33,37,39,43,45,53-54,58H,6-8,10,12-14,16,18-20,22,24-29,31-32,34-36,38,40-42,44,46-52H2,1-5H3,(H-,56,59,60,61)/p+1/b11-9-,17-15-,23-21-,33-30-,39-37-,45-43-. The van der Waals surface area contributed by atoms with E-state index >= 15 is 0 Å². The number of aliphatic hydroxyl groups excluding tert-OH is 1. The van der Waals surface area contributed by atoms with Crippen molar-refractivity contribution >= 4 is 13.7 Å². The zero-order valence-corrected chi connectivity index (χ0v) is 43.1. The van der Waals surface area contributed by atoms with Crippen LogP contribution in [0.2, 0.25) is 0 Å². The number of phosphoric acid groups is 1. The van der Waals surface area contributed by atoms with Crippen molar-refractivity contribution in [3.63, 3.8) is 0 Å². The van der Waals surface area contributed by atoms with Gasteiger partial charge in [-0.2, -0.15) is 0 Å². The summed E-state index contributed by atoms with van der Waals surface area (Å²) in [6.45, 7) is 4.72. The fourth-order valence-corrected chi connectivity index (χ4v) is 8.10. The molecule has 0 aliphatic rings. The van der Waals surface area contributed by atoms with Gasteiger partial charge in [-0.15, -0.1) is 0 Å². The Labute approximate surface area is 395 Å². The first-order valence-electron chi connectivity index (χ1n) is 26.3. The van der Waals surface area contributed by atoms with E-state index in [0.717, 1.165) is 57.8 Å². The lowest BCUT2D eigenvalue weighted by atomic mass is 10.0. The number of nitrogens with one attached hydrogen (secondary N) is 1. The predicted molar refractivity (Wildman–Crippen MR) is 276 cm³/mol. The van der Waals surface area contributed by atoms with Crippen molar-refractivity contribution in [3.8, 4) is 0 Å². The summed E-state index contributed by atoms with van der Waals surface area (Å²) >= 11 is 0. The van der Waals surface area contributed by atoms with Crippen molar-refractivity contribution in [2.75, 3.05) is 40.9 Å². The molecule has 0 heterocycles. The van der Waals surface area contributed by atoms with Crippen molar-refractivity contribution in [2.24, 2.45) is 0 Å². The van der Waals surface area contributed by atoms with Gasteiger partial charge < -0.3 is 19.8 Å². The zero-order valence-electron chi connectivity index (χ0n) is 42.3. The van der Waals surface area contributed by atoms with Gasteiger partial charge in [-0.3, -0.25) is 13.8 Å². The third-order valence-electron chi connectivity index (χ3n) is 11.5. The van der Waals surface area contributed by atoms with E-state index in [-0.39, 0.29) is 25.5 Å². The highest BCUT2D eigenvalue weighted by molar-refractivity contribution is 7.47. The van der Waals surface area contributed by atoms with Crippen molar-refractivity contribution in [3.05, 3.63) is 72.9 Å². The minimum absolute atomic E-state index is 0.0579. The smallest absolute Gasteiger partial charge is 0.391 e. The summed E-state index contributed by atoms with van der Waals surface area (Å²) in [6.07, 6.45) is 62.5. The Kier molecular flexibility index (Phi) is 44.6. The average molecular weight is 918 g/mol. The van der Waals surface area contributed by atoms with Gasteiger partial charge >= 0.3 is 7.82 Å². The average Bonchev–Trinajstić information content (AvgIpc) is 3.25. The summed E-state index contributed by atoms with van der Waals surface area (Å²) in [5.74, 6) is -0.227. The fourth-order valence-electron chi connectivity index (χ4n) is 7.36. The molecule has 0 spiro atoms. The number of unbranched alkanes of at least 4 members (excludes halogenated alkanes) is 22. The molecule has 0 radical (unpaired) electrons. The highest BCUT2D eigenvalue weighted by Crippen LogP contribution is 2.43. The molecule has 3 unspecified atom stereocenters. The summed E-state index contributed by atoms with van der Waals surface area (Å²) in [6, 6.07) is -0.806. The maximum Gasteiger partial charge on any atom is 0.472 e. The van der Waals surface area contributed by atoms with Gasteiger partial charge in [0.2, 0.25) is 5.91 Å². The third-order valence-corrected chi connectivity index (χ3v) is 12.5. The van der Waals surface area contributed by atoms with Crippen LogP contribution in [0.25, 0.3) is 0 Å². The molecule has 1 amide bonds. The number of aliphatic hydroxyl groups is 1. The second kappa shape index (κ2) is 46.1. The Morgan fingerprint density at radius 3 is 1.28 bits per heavy atom. The molecule has 9 heteroatoms. The number of carbonyl (C=O) groups is 1. The van der Waals surface area contributed by atoms with Gasteiger partial charge in [-0.05, 0) is 51.4 Å². The van der Waals surface area contributed by atoms with E-state index in [1.165, 1.54) is 128 Å². The molecule has 0 bridgehead atoms. The number of carbonyl (C=O) groups excluding carboxylic acids is 1. The number of rotatable bonds is 47. The topological polar surface area (TPSA) is 105 Å². The molecule has 3 atom stereocenters. The molecule has 372 valence electrons. The number of phosphoric ester groups is 1. The minimum atomic E-state index is -4.34. The van der Waals surface area contributed by atoms with E-state index in [1.807, 2.05) is 27.2 Å². The molecular weight excluding hydrogens is 816 g/mol. The van der Waals surface area contributed by atoms with Crippen molar-refractivity contribution in [1.82, 2.24) is 5.32 Å². The van der Waals surface area contributed by atoms with Crippen molar-refractivity contribution < 1.29 is 32.9 Å². The molecule has 0 aliphatic carbocycles. The first-order valence-corrected chi connectivity index (χ1v) is 27.8. The van der Waals surface area contributed by atoms with Crippen LogP contribution in [-0.2, 0) is 18.4 Å². The van der Waals surface area contributed by atoms with Crippen LogP contribution in [0.3, 0.4) is 0 Å². The summed E-state index contributed by atoms with van der Waals surface area (Å²) in [7, 11) is 1.56. The van der Waals surface area contributed by atoms with Crippen LogP contribution in [0, 0.1) is 0 Å². The van der Waals surface area contributed by atoms with E-state index in [9.17, 15) is 19.4 Å². The molecule has 0 aliphatic heterocycles. The number of hydrogen-bond acceptors (Lipinski definition) is 5. The van der Waals surface area contributed by atoms with E-state index in [2.05, 4.69) is 86.0 Å². The van der Waals surface area contributed by atoms with Crippen molar-refractivity contribution in [1.29, 1.82) is 0 Å². The van der Waals surface area contributed by atoms with Crippen LogP contribution in [0.15, 0.2) is 72.9 Å². The maximum absolute atomic E-state index is 12.9. The SMILES string of the molecule is CC/C=C\C/C=C\C/C=C\C/C=C\C/C=C\C/C=C\CCC(=O)NC(COP(=O)(O)OCC[N+](C)(C)C)C(O)CCCCCCCCCCCCCCCCCCCCCCCCC. The lowest BCUT2D eigenvalue weighted by Gasteiger charge is -2.26. The largest absolute Gasteiger partial charge is 0.472 e. The Morgan fingerprint density at radius 2 is 0.906 bits per heavy atom. The first-order chi connectivity index (χ1) is 31.0. The van der Waals surface area contributed by atoms with Crippen LogP contribution in [0.1, 0.15) is 219 Å². The Hall–Kier alpha value is -2.06. The summed E-state index contributed by atoms with van der Waals surface area (Å²) < 4.78 is 23.7.